The predicted octanol–water partition coefficient (Wildman–Crippen LogP) is 1.10. The van der Waals surface area contributed by atoms with E-state index in [4.69, 9.17) is 0 Å². The van der Waals surface area contributed by atoms with Crippen LogP contribution in [-0.4, -0.2) is 38.4 Å². The molecule has 2 amide bonds. The monoisotopic (exact) mass is 299 g/mol. The van der Waals surface area contributed by atoms with Crippen molar-refractivity contribution in [2.75, 3.05) is 11.9 Å². The van der Waals surface area contributed by atoms with Gasteiger partial charge in [-0.15, -0.1) is 0 Å². The van der Waals surface area contributed by atoms with E-state index in [9.17, 15) is 9.59 Å². The van der Waals surface area contributed by atoms with Gasteiger partial charge >= 0.3 is 0 Å². The number of nitrogens with one attached hydrogen (secondary N) is 2. The minimum Gasteiger partial charge on any atom is -0.338 e. The Hall–Kier alpha value is -2.70. The molecule has 7 nitrogen and oxygen atoms in total. The van der Waals surface area contributed by atoms with E-state index < -0.39 is 0 Å². The molecule has 114 valence electrons. The Balaban J connectivity index is 1.60. The van der Waals surface area contributed by atoms with Crippen molar-refractivity contribution in [1.82, 2.24) is 20.1 Å². The summed E-state index contributed by atoms with van der Waals surface area (Å²) in [5.74, 6) is -0.271. The third-order valence-electron chi connectivity index (χ3n) is 3.74. The van der Waals surface area contributed by atoms with Gasteiger partial charge in [0.05, 0.1) is 5.92 Å². The number of aryl methyl sites for hydroxylation is 1. The molecule has 2 heterocycles. The minimum absolute atomic E-state index is 0.00158. The molecule has 1 saturated heterocycles. The van der Waals surface area contributed by atoms with Crippen molar-refractivity contribution in [1.29, 1.82) is 0 Å². The number of amides is 2. The summed E-state index contributed by atoms with van der Waals surface area (Å²) < 4.78 is 0. The van der Waals surface area contributed by atoms with Crippen LogP contribution in [0.4, 0.5) is 5.95 Å². The van der Waals surface area contributed by atoms with E-state index in [0.29, 0.717) is 19.0 Å². The molecule has 1 aromatic carbocycles. The number of aromatic amines is 1. The lowest BCUT2D eigenvalue weighted by molar-refractivity contribution is -0.128. The summed E-state index contributed by atoms with van der Waals surface area (Å²) in [4.78, 5) is 29.8. The maximum Gasteiger partial charge on any atom is 0.232 e. The van der Waals surface area contributed by atoms with Gasteiger partial charge in [0.2, 0.25) is 17.8 Å². The molecule has 0 bridgehead atoms. The number of H-pyrrole nitrogens is 1. The van der Waals surface area contributed by atoms with E-state index in [-0.39, 0.29) is 24.2 Å². The van der Waals surface area contributed by atoms with E-state index >= 15 is 0 Å². The summed E-state index contributed by atoms with van der Waals surface area (Å²) in [6.45, 7) is 2.98. The maximum absolute atomic E-state index is 12.1. The van der Waals surface area contributed by atoms with Crippen LogP contribution in [0.15, 0.2) is 30.6 Å². The summed E-state index contributed by atoms with van der Waals surface area (Å²) in [7, 11) is 0. The average Bonchev–Trinajstić information content (AvgIpc) is 3.12. The van der Waals surface area contributed by atoms with Crippen molar-refractivity contribution in [2.24, 2.45) is 5.92 Å². The normalized spacial score (nSPS) is 17.8. The fraction of sp³-hybridized carbons (Fsp3) is 0.333. The molecular formula is C15H17N5O2. The van der Waals surface area contributed by atoms with E-state index in [0.717, 1.165) is 5.56 Å². The van der Waals surface area contributed by atoms with E-state index in [1.54, 1.807) is 4.90 Å². The zero-order chi connectivity index (χ0) is 15.5. The molecule has 3 rings (SSSR count). The lowest BCUT2D eigenvalue weighted by Crippen LogP contribution is -2.28. The van der Waals surface area contributed by atoms with Gasteiger partial charge in [0.15, 0.2) is 0 Å². The first-order valence-corrected chi connectivity index (χ1v) is 7.11. The second-order valence-corrected chi connectivity index (χ2v) is 5.48. The number of nitrogens with zero attached hydrogens (tertiary/aromatic N) is 3. The van der Waals surface area contributed by atoms with Crippen LogP contribution in [0.3, 0.4) is 0 Å². The molecule has 7 heteroatoms. The van der Waals surface area contributed by atoms with Gasteiger partial charge in [0.1, 0.15) is 6.33 Å². The highest BCUT2D eigenvalue weighted by atomic mass is 16.2. The average molecular weight is 299 g/mol. The summed E-state index contributed by atoms with van der Waals surface area (Å²) in [5.41, 5.74) is 2.25. The number of hydrogen-bond acceptors (Lipinski definition) is 4. The van der Waals surface area contributed by atoms with Gasteiger partial charge in [-0.05, 0) is 12.5 Å². The Morgan fingerprint density at radius 3 is 2.86 bits per heavy atom. The van der Waals surface area contributed by atoms with Crippen molar-refractivity contribution in [2.45, 2.75) is 19.9 Å². The first-order chi connectivity index (χ1) is 10.6. The van der Waals surface area contributed by atoms with E-state index in [2.05, 4.69) is 20.5 Å². The Kier molecular flexibility index (Phi) is 3.86. The molecule has 2 N–H and O–H groups in total. The van der Waals surface area contributed by atoms with Gasteiger partial charge < -0.3 is 4.90 Å². The third kappa shape index (κ3) is 3.13. The quantitative estimate of drug-likeness (QED) is 0.884. The molecule has 0 radical (unpaired) electrons. The molecule has 1 aromatic heterocycles. The molecule has 1 aliphatic heterocycles. The van der Waals surface area contributed by atoms with Crippen molar-refractivity contribution in [3.05, 3.63) is 41.7 Å². The standard InChI is InChI=1S/C15H17N5O2/c1-10-2-4-11(5-3-10)7-20-8-12(6-13(20)21)14(22)18-15-16-9-17-19-15/h2-5,9,12H,6-8H2,1H3,(H2,16,17,18,19,22). The number of carbonyl (C=O) groups is 2. The second-order valence-electron chi connectivity index (χ2n) is 5.48. The van der Waals surface area contributed by atoms with Crippen LogP contribution in [0.25, 0.3) is 0 Å². The Morgan fingerprint density at radius 1 is 1.41 bits per heavy atom. The zero-order valence-electron chi connectivity index (χ0n) is 12.2. The Morgan fingerprint density at radius 2 is 2.18 bits per heavy atom. The zero-order valence-corrected chi connectivity index (χ0v) is 12.2. The number of rotatable bonds is 4. The van der Waals surface area contributed by atoms with E-state index in [1.165, 1.54) is 11.9 Å². The number of anilines is 1. The summed E-state index contributed by atoms with van der Waals surface area (Å²) in [6, 6.07) is 8.04. The highest BCUT2D eigenvalue weighted by molar-refractivity contribution is 5.96. The summed E-state index contributed by atoms with van der Waals surface area (Å²) in [5, 5.41) is 8.86. The van der Waals surface area contributed by atoms with Gasteiger partial charge in [-0.25, -0.2) is 5.10 Å². The largest absolute Gasteiger partial charge is 0.338 e. The second kappa shape index (κ2) is 5.97. The molecule has 1 aliphatic rings. The van der Waals surface area contributed by atoms with Crippen LogP contribution in [-0.2, 0) is 16.1 Å². The Labute approximate surface area is 127 Å². The van der Waals surface area contributed by atoms with Crippen LogP contribution in [0.2, 0.25) is 0 Å². The van der Waals surface area contributed by atoms with Crippen molar-refractivity contribution in [3.63, 3.8) is 0 Å². The Bertz CT molecular complexity index is 666. The van der Waals surface area contributed by atoms with Gasteiger partial charge in [0, 0.05) is 19.5 Å². The predicted molar refractivity (Wildman–Crippen MR) is 79.7 cm³/mol. The van der Waals surface area contributed by atoms with Crippen LogP contribution in [0.1, 0.15) is 17.5 Å². The number of benzene rings is 1. The molecule has 0 aliphatic carbocycles. The van der Waals surface area contributed by atoms with Crippen LogP contribution >= 0.6 is 0 Å². The minimum atomic E-state index is -0.358. The SMILES string of the molecule is Cc1ccc(CN2CC(C(=O)Nc3ncn[nH]3)CC2=O)cc1. The van der Waals surface area contributed by atoms with Crippen molar-refractivity contribution in [3.8, 4) is 0 Å². The molecule has 0 saturated carbocycles. The summed E-state index contributed by atoms with van der Waals surface area (Å²) in [6.07, 6.45) is 1.55. The van der Waals surface area contributed by atoms with Crippen molar-refractivity contribution < 1.29 is 9.59 Å². The van der Waals surface area contributed by atoms with Crippen LogP contribution in [0.5, 0.6) is 0 Å². The number of carbonyl (C=O) groups excluding carboxylic acids is 2. The molecule has 1 atom stereocenters. The van der Waals surface area contributed by atoms with Crippen molar-refractivity contribution >= 4 is 17.8 Å². The topological polar surface area (TPSA) is 91.0 Å². The lowest BCUT2D eigenvalue weighted by atomic mass is 10.1. The fourth-order valence-electron chi connectivity index (χ4n) is 2.50. The summed E-state index contributed by atoms with van der Waals surface area (Å²) >= 11 is 0. The fourth-order valence-corrected chi connectivity index (χ4v) is 2.50. The van der Waals surface area contributed by atoms with Crippen LogP contribution < -0.4 is 5.32 Å². The maximum atomic E-state index is 12.1. The van der Waals surface area contributed by atoms with Gasteiger partial charge in [-0.2, -0.15) is 10.1 Å². The van der Waals surface area contributed by atoms with E-state index in [1.807, 2.05) is 31.2 Å². The first kappa shape index (κ1) is 14.2. The lowest BCUT2D eigenvalue weighted by Gasteiger charge is -2.16. The van der Waals surface area contributed by atoms with Crippen LogP contribution in [0, 0.1) is 12.8 Å². The third-order valence-corrected chi connectivity index (χ3v) is 3.74. The molecule has 2 aromatic rings. The molecule has 0 spiro atoms. The molecular weight excluding hydrogens is 282 g/mol. The number of likely N-dealkylation sites (tertiary alicyclic amines) is 1. The highest BCUT2D eigenvalue weighted by Gasteiger charge is 2.34. The van der Waals surface area contributed by atoms with Gasteiger partial charge in [-0.1, -0.05) is 29.8 Å². The smallest absolute Gasteiger partial charge is 0.232 e. The van der Waals surface area contributed by atoms with Gasteiger partial charge in [0.25, 0.3) is 0 Å². The molecule has 1 unspecified atom stereocenters. The number of hydrogen-bond donors (Lipinski definition) is 2. The molecule has 1 fully saturated rings. The van der Waals surface area contributed by atoms with Gasteiger partial charge in [-0.3, -0.25) is 14.9 Å². The molecule has 22 heavy (non-hydrogen) atoms. The first-order valence-electron chi connectivity index (χ1n) is 7.11. The number of aromatic nitrogens is 3. The highest BCUT2D eigenvalue weighted by Crippen LogP contribution is 2.21.